The quantitative estimate of drug-likeness (QED) is 0.660. The van der Waals surface area contributed by atoms with Crippen LogP contribution in [0.25, 0.3) is 0 Å². The molecule has 1 atom stereocenters. The van der Waals surface area contributed by atoms with E-state index in [0.29, 0.717) is 16.1 Å². The normalized spacial score (nSPS) is 19.1. The minimum atomic E-state index is -5.17. The van der Waals surface area contributed by atoms with Gasteiger partial charge in [-0.05, 0) is 24.6 Å². The molecular formula is C20H16ClF3N2O3. The molecule has 3 rings (SSSR count). The predicted octanol–water partition coefficient (Wildman–Crippen LogP) is 4.58. The fourth-order valence-electron chi connectivity index (χ4n) is 2.63. The summed E-state index contributed by atoms with van der Waals surface area (Å²) in [6.45, 7) is 1.13. The number of carbonyl (C=O) groups is 1. The van der Waals surface area contributed by atoms with Crippen LogP contribution < -0.4 is 0 Å². The molecule has 5 nitrogen and oxygen atoms in total. The van der Waals surface area contributed by atoms with Gasteiger partial charge in [0.15, 0.2) is 11.7 Å². The van der Waals surface area contributed by atoms with Crippen LogP contribution in [0.1, 0.15) is 18.1 Å². The molecule has 0 N–H and O–H groups in total. The number of esters is 1. The van der Waals surface area contributed by atoms with Crippen LogP contribution in [0.4, 0.5) is 13.2 Å². The molecule has 0 spiro atoms. The Kier molecular flexibility index (Phi) is 5.93. The Morgan fingerprint density at radius 1 is 1.14 bits per heavy atom. The molecule has 0 amide bonds. The van der Waals surface area contributed by atoms with Gasteiger partial charge in [0.05, 0.1) is 6.61 Å². The number of amidine groups is 1. The number of ether oxygens (including phenoxy) is 2. The summed E-state index contributed by atoms with van der Waals surface area (Å²) in [5.41, 5.74) is -2.62. The number of hydrogen-bond donors (Lipinski definition) is 0. The van der Waals surface area contributed by atoms with Crippen LogP contribution in [-0.4, -0.2) is 36.2 Å². The van der Waals surface area contributed by atoms with Crippen LogP contribution in [0.3, 0.4) is 0 Å². The SMILES string of the molecule is CCOC(=O)C1(C(F)(F)F)N=C(c2ccccc2)N=C(Cc2ccc(Cl)cc2)O1. The second-order valence-corrected chi connectivity index (χ2v) is 6.51. The fraction of sp³-hybridized carbons (Fsp3) is 0.250. The molecule has 1 aliphatic heterocycles. The van der Waals surface area contributed by atoms with Gasteiger partial charge in [-0.15, -0.1) is 0 Å². The summed E-state index contributed by atoms with van der Waals surface area (Å²) in [4.78, 5) is 20.0. The number of halogens is 4. The lowest BCUT2D eigenvalue weighted by atomic mass is 10.1. The minimum Gasteiger partial charge on any atom is -0.461 e. The van der Waals surface area contributed by atoms with E-state index >= 15 is 0 Å². The van der Waals surface area contributed by atoms with Crippen molar-refractivity contribution >= 4 is 29.3 Å². The molecule has 1 heterocycles. The number of rotatable bonds is 5. The lowest BCUT2D eigenvalue weighted by molar-refractivity contribution is -0.255. The molecule has 1 aliphatic rings. The number of carbonyl (C=O) groups excluding carboxylic acids is 1. The third-order valence-corrected chi connectivity index (χ3v) is 4.25. The van der Waals surface area contributed by atoms with Crippen LogP contribution >= 0.6 is 11.6 Å². The number of aliphatic imine (C=N–C) groups is 2. The van der Waals surface area contributed by atoms with Crippen molar-refractivity contribution in [2.75, 3.05) is 6.61 Å². The summed E-state index contributed by atoms with van der Waals surface area (Å²) >= 11 is 5.85. The molecule has 0 bridgehead atoms. The first-order valence-corrected chi connectivity index (χ1v) is 9.03. The first kappa shape index (κ1) is 20.9. The summed E-state index contributed by atoms with van der Waals surface area (Å²) in [6, 6.07) is 14.5. The Morgan fingerprint density at radius 2 is 1.79 bits per heavy atom. The highest BCUT2D eigenvalue weighted by Crippen LogP contribution is 2.39. The van der Waals surface area contributed by atoms with Gasteiger partial charge in [0.2, 0.25) is 0 Å². The average Bonchev–Trinajstić information content (AvgIpc) is 2.69. The summed E-state index contributed by atoms with van der Waals surface area (Å²) < 4.78 is 51.8. The van der Waals surface area contributed by atoms with Gasteiger partial charge in [-0.1, -0.05) is 54.1 Å². The molecule has 9 heteroatoms. The Bertz CT molecular complexity index is 944. The zero-order valence-electron chi connectivity index (χ0n) is 15.2. The van der Waals surface area contributed by atoms with Crippen molar-refractivity contribution in [1.82, 2.24) is 0 Å². The van der Waals surface area contributed by atoms with Gasteiger partial charge in [0.25, 0.3) is 0 Å². The highest BCUT2D eigenvalue weighted by molar-refractivity contribution is 6.30. The van der Waals surface area contributed by atoms with E-state index in [4.69, 9.17) is 16.3 Å². The van der Waals surface area contributed by atoms with Crippen molar-refractivity contribution in [1.29, 1.82) is 0 Å². The van der Waals surface area contributed by atoms with E-state index in [1.807, 2.05) is 0 Å². The predicted molar refractivity (Wildman–Crippen MR) is 102 cm³/mol. The van der Waals surface area contributed by atoms with Crippen LogP contribution in [0.15, 0.2) is 64.6 Å². The van der Waals surface area contributed by atoms with E-state index in [9.17, 15) is 18.0 Å². The maximum Gasteiger partial charge on any atom is 0.463 e. The Balaban J connectivity index is 2.09. The third kappa shape index (κ3) is 4.42. The van der Waals surface area contributed by atoms with E-state index in [0.717, 1.165) is 0 Å². The molecule has 0 aromatic heterocycles. The monoisotopic (exact) mass is 424 g/mol. The van der Waals surface area contributed by atoms with Crippen molar-refractivity contribution in [2.45, 2.75) is 25.2 Å². The zero-order valence-corrected chi connectivity index (χ0v) is 16.0. The number of hydrogen-bond acceptors (Lipinski definition) is 5. The summed E-state index contributed by atoms with van der Waals surface area (Å²) in [6.07, 6.45) is -5.26. The standard InChI is InChI=1S/C20H16ClF3N2O3/c1-2-28-18(27)19(20(22,23)24)26-17(14-6-4-3-5-7-14)25-16(29-19)12-13-8-10-15(21)11-9-13/h3-11H,2,12H2,1H3. The van der Waals surface area contributed by atoms with Crippen LogP contribution in [-0.2, 0) is 20.7 Å². The first-order valence-electron chi connectivity index (χ1n) is 8.65. The molecule has 0 aliphatic carbocycles. The molecule has 0 saturated carbocycles. The van der Waals surface area contributed by atoms with Crippen molar-refractivity contribution in [3.63, 3.8) is 0 Å². The van der Waals surface area contributed by atoms with Gasteiger partial charge in [-0.25, -0.2) is 9.79 Å². The summed E-state index contributed by atoms with van der Waals surface area (Å²) in [5, 5.41) is 0.475. The van der Waals surface area contributed by atoms with Gasteiger partial charge < -0.3 is 9.47 Å². The van der Waals surface area contributed by atoms with Crippen LogP contribution in [0, 0.1) is 0 Å². The molecule has 29 heavy (non-hydrogen) atoms. The lowest BCUT2D eigenvalue weighted by Gasteiger charge is -2.33. The van der Waals surface area contributed by atoms with E-state index < -0.39 is 17.9 Å². The van der Waals surface area contributed by atoms with Crippen LogP contribution in [0.5, 0.6) is 0 Å². The Morgan fingerprint density at radius 3 is 2.38 bits per heavy atom. The fourth-order valence-corrected chi connectivity index (χ4v) is 2.76. The largest absolute Gasteiger partial charge is 0.463 e. The lowest BCUT2D eigenvalue weighted by Crippen LogP contribution is -2.56. The first-order chi connectivity index (χ1) is 13.7. The number of alkyl halides is 3. The van der Waals surface area contributed by atoms with E-state index in [2.05, 4.69) is 14.7 Å². The third-order valence-electron chi connectivity index (χ3n) is 4.00. The molecule has 1 unspecified atom stereocenters. The number of nitrogens with zero attached hydrogens (tertiary/aromatic N) is 2. The van der Waals surface area contributed by atoms with E-state index in [-0.39, 0.29) is 24.8 Å². The van der Waals surface area contributed by atoms with Crippen molar-refractivity contribution in [3.05, 3.63) is 70.7 Å². The maximum absolute atomic E-state index is 14.0. The maximum atomic E-state index is 14.0. The second kappa shape index (κ2) is 8.24. The second-order valence-electron chi connectivity index (χ2n) is 6.07. The molecule has 0 fully saturated rings. The molecular weight excluding hydrogens is 409 g/mol. The summed E-state index contributed by atoms with van der Waals surface area (Å²) in [7, 11) is 0. The zero-order chi connectivity index (χ0) is 21.1. The van der Waals surface area contributed by atoms with Crippen LogP contribution in [0.2, 0.25) is 5.02 Å². The van der Waals surface area contributed by atoms with Crippen molar-refractivity contribution in [3.8, 4) is 0 Å². The van der Waals surface area contributed by atoms with E-state index in [1.165, 1.54) is 6.92 Å². The van der Waals surface area contributed by atoms with Gasteiger partial charge in [-0.3, -0.25) is 0 Å². The average molecular weight is 425 g/mol. The van der Waals surface area contributed by atoms with Crippen molar-refractivity contribution in [2.24, 2.45) is 9.98 Å². The smallest absolute Gasteiger partial charge is 0.461 e. The molecule has 2 aromatic carbocycles. The Labute approximate surface area is 169 Å². The minimum absolute atomic E-state index is 0.0970. The molecule has 152 valence electrons. The van der Waals surface area contributed by atoms with Gasteiger partial charge >= 0.3 is 17.9 Å². The molecule has 2 aromatic rings. The van der Waals surface area contributed by atoms with Gasteiger partial charge in [0.1, 0.15) is 0 Å². The Hall–Kier alpha value is -2.87. The van der Waals surface area contributed by atoms with Gasteiger partial charge in [0, 0.05) is 17.0 Å². The highest BCUT2D eigenvalue weighted by atomic mass is 35.5. The highest BCUT2D eigenvalue weighted by Gasteiger charge is 2.67. The van der Waals surface area contributed by atoms with E-state index in [1.54, 1.807) is 54.6 Å². The van der Waals surface area contributed by atoms with Crippen molar-refractivity contribution < 1.29 is 27.4 Å². The summed E-state index contributed by atoms with van der Waals surface area (Å²) in [5.74, 6) is -2.23. The topological polar surface area (TPSA) is 60.2 Å². The van der Waals surface area contributed by atoms with Gasteiger partial charge in [-0.2, -0.15) is 18.2 Å². The number of benzene rings is 2. The molecule has 0 radical (unpaired) electrons. The molecule has 0 saturated heterocycles.